The number of anilines is 1. The molecule has 1 aliphatic heterocycles. The number of benzene rings is 1. The van der Waals surface area contributed by atoms with Crippen LogP contribution >= 0.6 is 0 Å². The van der Waals surface area contributed by atoms with Crippen molar-refractivity contribution in [2.45, 2.75) is 51.1 Å². The molecule has 1 saturated heterocycles. The maximum atomic E-state index is 12.7. The number of likely N-dealkylation sites (N-methyl/N-ethyl adjacent to an activating group) is 1. The fraction of sp³-hybridized carbons (Fsp3) is 0.545. The molecule has 2 heterocycles. The Morgan fingerprint density at radius 2 is 1.82 bits per heavy atom. The molecule has 152 valence electrons. The smallest absolute Gasteiger partial charge is 0.242 e. The Kier molecular flexibility index (Phi) is 6.08. The second kappa shape index (κ2) is 8.35. The Labute approximate surface area is 168 Å². The average molecular weight is 384 g/mol. The number of hydrogen-bond acceptors (Lipinski definition) is 4. The van der Waals surface area contributed by atoms with Crippen molar-refractivity contribution in [3.05, 3.63) is 47.8 Å². The maximum Gasteiger partial charge on any atom is 0.242 e. The van der Waals surface area contributed by atoms with Crippen LogP contribution in [0.5, 0.6) is 0 Å². The molecule has 0 spiro atoms. The number of piperidine rings is 1. The molecule has 1 unspecified atom stereocenters. The first kappa shape index (κ1) is 20.4. The van der Waals surface area contributed by atoms with E-state index in [1.165, 1.54) is 11.3 Å². The van der Waals surface area contributed by atoms with Crippen molar-refractivity contribution in [2.24, 2.45) is 7.05 Å². The SMILES string of the molecule is CNC(C(=O)NC1CCN(c2ccc(C(C)(C)C)cc2)CC1)c1cnn(C)c1. The van der Waals surface area contributed by atoms with Gasteiger partial charge >= 0.3 is 0 Å². The molecule has 1 fully saturated rings. The van der Waals surface area contributed by atoms with Crippen LogP contribution in [-0.2, 0) is 17.3 Å². The van der Waals surface area contributed by atoms with Crippen LogP contribution in [0.25, 0.3) is 0 Å². The summed E-state index contributed by atoms with van der Waals surface area (Å²) in [5.41, 5.74) is 3.68. The number of aryl methyl sites for hydroxylation is 1. The van der Waals surface area contributed by atoms with Crippen molar-refractivity contribution >= 4 is 11.6 Å². The Hall–Kier alpha value is -2.34. The summed E-state index contributed by atoms with van der Waals surface area (Å²) in [6.07, 6.45) is 5.53. The molecular weight excluding hydrogens is 350 g/mol. The highest BCUT2D eigenvalue weighted by Gasteiger charge is 2.26. The predicted octanol–water partition coefficient (Wildman–Crippen LogP) is 2.76. The molecule has 2 N–H and O–H groups in total. The van der Waals surface area contributed by atoms with Gasteiger partial charge in [-0.3, -0.25) is 9.48 Å². The van der Waals surface area contributed by atoms with E-state index in [1.54, 1.807) is 17.9 Å². The summed E-state index contributed by atoms with van der Waals surface area (Å²) >= 11 is 0. The lowest BCUT2D eigenvalue weighted by atomic mass is 9.87. The number of amides is 1. The monoisotopic (exact) mass is 383 g/mol. The van der Waals surface area contributed by atoms with E-state index in [9.17, 15) is 4.79 Å². The molecule has 1 aromatic carbocycles. The van der Waals surface area contributed by atoms with E-state index < -0.39 is 0 Å². The zero-order valence-electron chi connectivity index (χ0n) is 17.7. The fourth-order valence-electron chi connectivity index (χ4n) is 3.78. The molecule has 1 aliphatic rings. The molecule has 0 bridgehead atoms. The summed E-state index contributed by atoms with van der Waals surface area (Å²) in [6, 6.07) is 8.75. The number of nitrogens with one attached hydrogen (secondary N) is 2. The highest BCUT2D eigenvalue weighted by atomic mass is 16.2. The van der Waals surface area contributed by atoms with Crippen molar-refractivity contribution in [3.8, 4) is 0 Å². The van der Waals surface area contributed by atoms with Crippen molar-refractivity contribution in [2.75, 3.05) is 25.0 Å². The van der Waals surface area contributed by atoms with Gasteiger partial charge in [0.15, 0.2) is 0 Å². The molecule has 1 atom stereocenters. The minimum atomic E-state index is -0.364. The van der Waals surface area contributed by atoms with E-state index in [0.717, 1.165) is 31.5 Å². The molecule has 3 rings (SSSR count). The first-order chi connectivity index (χ1) is 13.3. The molecule has 2 aromatic rings. The van der Waals surface area contributed by atoms with Gasteiger partial charge in [0.2, 0.25) is 5.91 Å². The number of rotatable bonds is 5. The summed E-state index contributed by atoms with van der Waals surface area (Å²) in [5.74, 6) is 0.0171. The van der Waals surface area contributed by atoms with Crippen LogP contribution in [0.1, 0.15) is 50.8 Å². The standard InChI is InChI=1S/C22H33N5O/c1-22(2,3)17-6-8-19(9-7-17)27-12-10-18(11-13-27)25-21(28)20(23-4)16-14-24-26(5)15-16/h6-9,14-15,18,20,23H,10-13H2,1-5H3,(H,25,28). The van der Waals surface area contributed by atoms with Gasteiger partial charge in [-0.05, 0) is 43.0 Å². The van der Waals surface area contributed by atoms with Crippen molar-refractivity contribution in [1.82, 2.24) is 20.4 Å². The largest absolute Gasteiger partial charge is 0.371 e. The molecule has 0 radical (unpaired) electrons. The van der Waals surface area contributed by atoms with Crippen molar-refractivity contribution in [1.29, 1.82) is 0 Å². The Morgan fingerprint density at radius 3 is 2.32 bits per heavy atom. The van der Waals surface area contributed by atoms with Crippen molar-refractivity contribution < 1.29 is 4.79 Å². The molecule has 0 saturated carbocycles. The van der Waals surface area contributed by atoms with Crippen LogP contribution in [-0.4, -0.2) is 41.9 Å². The maximum absolute atomic E-state index is 12.7. The van der Waals surface area contributed by atoms with Crippen LogP contribution in [0.4, 0.5) is 5.69 Å². The van der Waals surface area contributed by atoms with E-state index in [1.807, 2.05) is 13.2 Å². The molecule has 28 heavy (non-hydrogen) atoms. The quantitative estimate of drug-likeness (QED) is 0.833. The third-order valence-corrected chi connectivity index (χ3v) is 5.55. The highest BCUT2D eigenvalue weighted by molar-refractivity contribution is 5.83. The van der Waals surface area contributed by atoms with Gasteiger partial charge in [-0.1, -0.05) is 32.9 Å². The summed E-state index contributed by atoms with van der Waals surface area (Å²) in [6.45, 7) is 8.62. The molecule has 6 nitrogen and oxygen atoms in total. The normalized spacial score (nSPS) is 16.8. The number of aromatic nitrogens is 2. The summed E-state index contributed by atoms with van der Waals surface area (Å²) in [4.78, 5) is 15.1. The van der Waals surface area contributed by atoms with Crippen LogP contribution in [0.3, 0.4) is 0 Å². The topological polar surface area (TPSA) is 62.2 Å². The van der Waals surface area contributed by atoms with E-state index >= 15 is 0 Å². The van der Waals surface area contributed by atoms with Gasteiger partial charge in [0.1, 0.15) is 6.04 Å². The second-order valence-corrected chi connectivity index (χ2v) is 8.74. The highest BCUT2D eigenvalue weighted by Crippen LogP contribution is 2.26. The van der Waals surface area contributed by atoms with Gasteiger partial charge in [0.25, 0.3) is 0 Å². The van der Waals surface area contributed by atoms with E-state index in [0.29, 0.717) is 0 Å². The van der Waals surface area contributed by atoms with E-state index in [2.05, 4.69) is 65.7 Å². The summed E-state index contributed by atoms with van der Waals surface area (Å²) in [7, 11) is 3.67. The molecular formula is C22H33N5O. The van der Waals surface area contributed by atoms with Gasteiger partial charge in [-0.25, -0.2) is 0 Å². The van der Waals surface area contributed by atoms with Gasteiger partial charge in [0.05, 0.1) is 6.20 Å². The Balaban J connectivity index is 1.54. The van der Waals surface area contributed by atoms with Gasteiger partial charge in [-0.15, -0.1) is 0 Å². The summed E-state index contributed by atoms with van der Waals surface area (Å²) < 4.78 is 1.72. The average Bonchev–Trinajstić information content (AvgIpc) is 3.08. The first-order valence-electron chi connectivity index (χ1n) is 10.1. The lowest BCUT2D eigenvalue weighted by Crippen LogP contribution is -2.47. The first-order valence-corrected chi connectivity index (χ1v) is 10.1. The number of nitrogens with zero attached hydrogens (tertiary/aromatic N) is 3. The van der Waals surface area contributed by atoms with Crippen LogP contribution < -0.4 is 15.5 Å². The molecule has 1 aromatic heterocycles. The van der Waals surface area contributed by atoms with E-state index in [4.69, 9.17) is 0 Å². The number of hydrogen-bond donors (Lipinski definition) is 2. The van der Waals surface area contributed by atoms with E-state index in [-0.39, 0.29) is 23.4 Å². The van der Waals surface area contributed by atoms with Crippen LogP contribution in [0.15, 0.2) is 36.7 Å². The number of carbonyl (C=O) groups is 1. The predicted molar refractivity (Wildman–Crippen MR) is 114 cm³/mol. The van der Waals surface area contributed by atoms with Gasteiger partial charge < -0.3 is 15.5 Å². The lowest BCUT2D eigenvalue weighted by molar-refractivity contribution is -0.124. The number of carbonyl (C=O) groups excluding carboxylic acids is 1. The molecule has 1 amide bonds. The second-order valence-electron chi connectivity index (χ2n) is 8.74. The van der Waals surface area contributed by atoms with Gasteiger partial charge in [0, 0.05) is 43.6 Å². The zero-order chi connectivity index (χ0) is 20.3. The van der Waals surface area contributed by atoms with Crippen LogP contribution in [0.2, 0.25) is 0 Å². The fourth-order valence-corrected chi connectivity index (χ4v) is 3.78. The molecule has 6 heteroatoms. The minimum absolute atomic E-state index is 0.0171. The summed E-state index contributed by atoms with van der Waals surface area (Å²) in [5, 5.41) is 10.5. The Bertz CT molecular complexity index is 782. The van der Waals surface area contributed by atoms with Gasteiger partial charge in [-0.2, -0.15) is 5.10 Å². The Morgan fingerprint density at radius 1 is 1.18 bits per heavy atom. The minimum Gasteiger partial charge on any atom is -0.371 e. The lowest BCUT2D eigenvalue weighted by Gasteiger charge is -2.34. The molecule has 0 aliphatic carbocycles. The third-order valence-electron chi connectivity index (χ3n) is 5.55. The zero-order valence-corrected chi connectivity index (χ0v) is 17.7. The third kappa shape index (κ3) is 4.73. The van der Waals surface area contributed by atoms with Crippen molar-refractivity contribution in [3.63, 3.8) is 0 Å². The van der Waals surface area contributed by atoms with Crippen LogP contribution in [0, 0.1) is 0 Å².